The second-order valence-electron chi connectivity index (χ2n) is 3.41. The zero-order valence-corrected chi connectivity index (χ0v) is 11.0. The number of hydrogen-bond donors (Lipinski definition) is 2. The zero-order valence-electron chi connectivity index (χ0n) is 8.70. The average molecular weight is 298 g/mol. The third-order valence-corrected chi connectivity index (χ3v) is 3.06. The smallest absolute Gasteiger partial charge is 0.239 e. The number of phenolic OH excluding ortho intramolecular Hbond substituents is 1. The summed E-state index contributed by atoms with van der Waals surface area (Å²) in [6.07, 6.45) is 0.948. The molecule has 0 aliphatic heterocycles. The van der Waals surface area contributed by atoms with Crippen molar-refractivity contribution < 1.29 is 18.3 Å². The third kappa shape index (κ3) is 4.41. The van der Waals surface area contributed by atoms with Gasteiger partial charge in [0.05, 0.1) is 10.0 Å². The molecule has 0 saturated carbocycles. The van der Waals surface area contributed by atoms with Gasteiger partial charge in [-0.25, -0.2) is 8.42 Å². The molecule has 17 heavy (non-hydrogen) atoms. The Labute approximate surface area is 108 Å². The van der Waals surface area contributed by atoms with Crippen LogP contribution in [-0.4, -0.2) is 31.4 Å². The number of nitrogens with one attached hydrogen (secondary N) is 1. The maximum atomic E-state index is 11.3. The molecule has 0 radical (unpaired) electrons. The van der Waals surface area contributed by atoms with Gasteiger partial charge in [0.2, 0.25) is 5.91 Å². The minimum absolute atomic E-state index is 0.0350. The molecule has 0 unspecified atom stereocenters. The van der Waals surface area contributed by atoms with Crippen molar-refractivity contribution in [3.8, 4) is 5.75 Å². The Morgan fingerprint density at radius 3 is 2.24 bits per heavy atom. The van der Waals surface area contributed by atoms with Crippen LogP contribution in [0.4, 0.5) is 5.69 Å². The van der Waals surface area contributed by atoms with Crippen molar-refractivity contribution >= 4 is 44.6 Å². The molecule has 1 rings (SSSR count). The molecule has 0 aromatic heterocycles. The predicted molar refractivity (Wildman–Crippen MR) is 66.5 cm³/mol. The molecule has 0 saturated heterocycles. The topological polar surface area (TPSA) is 83.5 Å². The third-order valence-electron chi connectivity index (χ3n) is 1.69. The Balaban J connectivity index is 2.86. The Morgan fingerprint density at radius 1 is 1.35 bits per heavy atom. The van der Waals surface area contributed by atoms with Crippen LogP contribution < -0.4 is 5.32 Å². The van der Waals surface area contributed by atoms with Crippen molar-refractivity contribution in [3.05, 3.63) is 22.2 Å². The number of rotatable bonds is 3. The van der Waals surface area contributed by atoms with Gasteiger partial charge in [-0.3, -0.25) is 4.79 Å². The highest BCUT2D eigenvalue weighted by Gasteiger charge is 2.13. The number of anilines is 1. The van der Waals surface area contributed by atoms with Gasteiger partial charge in [-0.05, 0) is 12.1 Å². The minimum atomic E-state index is -3.40. The van der Waals surface area contributed by atoms with E-state index in [0.29, 0.717) is 0 Å². The number of benzene rings is 1. The molecule has 1 amide bonds. The number of sulfone groups is 1. The van der Waals surface area contributed by atoms with E-state index in [9.17, 15) is 18.3 Å². The fourth-order valence-corrected chi connectivity index (χ4v) is 2.11. The van der Waals surface area contributed by atoms with E-state index in [4.69, 9.17) is 23.2 Å². The maximum absolute atomic E-state index is 11.3. The van der Waals surface area contributed by atoms with Gasteiger partial charge in [0.15, 0.2) is 15.6 Å². The van der Waals surface area contributed by atoms with Crippen molar-refractivity contribution in [3.63, 3.8) is 0 Å². The molecule has 2 N–H and O–H groups in total. The number of carbonyl (C=O) groups excluding carboxylic acids is 1. The Morgan fingerprint density at radius 2 is 1.82 bits per heavy atom. The summed E-state index contributed by atoms with van der Waals surface area (Å²) < 4.78 is 21.7. The number of phenols is 1. The summed E-state index contributed by atoms with van der Waals surface area (Å²) in [5, 5.41) is 11.5. The summed E-state index contributed by atoms with van der Waals surface area (Å²) in [7, 11) is -3.40. The summed E-state index contributed by atoms with van der Waals surface area (Å²) in [6.45, 7) is 0. The summed E-state index contributed by atoms with van der Waals surface area (Å²) in [4.78, 5) is 11.3. The monoisotopic (exact) mass is 297 g/mol. The summed E-state index contributed by atoms with van der Waals surface area (Å²) in [5.41, 5.74) is 0.214. The highest BCUT2D eigenvalue weighted by Crippen LogP contribution is 2.34. The molecule has 0 bridgehead atoms. The van der Waals surface area contributed by atoms with Gasteiger partial charge < -0.3 is 10.4 Å². The second-order valence-corrected chi connectivity index (χ2v) is 6.36. The van der Waals surface area contributed by atoms with Gasteiger partial charge in [-0.1, -0.05) is 23.2 Å². The second kappa shape index (κ2) is 5.12. The first-order valence-electron chi connectivity index (χ1n) is 4.34. The molecule has 0 fully saturated rings. The summed E-state index contributed by atoms with van der Waals surface area (Å²) in [6, 6.07) is 2.53. The van der Waals surface area contributed by atoms with E-state index in [-0.39, 0.29) is 21.5 Å². The molecule has 1 aromatic rings. The number of amides is 1. The van der Waals surface area contributed by atoms with Crippen molar-refractivity contribution in [2.24, 2.45) is 0 Å². The van der Waals surface area contributed by atoms with Crippen LogP contribution in [0.1, 0.15) is 0 Å². The van der Waals surface area contributed by atoms with E-state index < -0.39 is 21.5 Å². The van der Waals surface area contributed by atoms with Crippen LogP contribution >= 0.6 is 23.2 Å². The van der Waals surface area contributed by atoms with E-state index >= 15 is 0 Å². The lowest BCUT2D eigenvalue weighted by Crippen LogP contribution is -2.21. The molecule has 0 aliphatic rings. The molecule has 5 nitrogen and oxygen atoms in total. The highest BCUT2D eigenvalue weighted by atomic mass is 35.5. The normalized spacial score (nSPS) is 11.2. The minimum Gasteiger partial charge on any atom is -0.505 e. The van der Waals surface area contributed by atoms with Gasteiger partial charge in [0.1, 0.15) is 5.75 Å². The molecule has 0 heterocycles. The number of halogens is 2. The molecular weight excluding hydrogens is 289 g/mol. The zero-order chi connectivity index (χ0) is 13.2. The maximum Gasteiger partial charge on any atom is 0.239 e. The van der Waals surface area contributed by atoms with Crippen LogP contribution in [0.2, 0.25) is 10.0 Å². The van der Waals surface area contributed by atoms with Crippen LogP contribution in [0.3, 0.4) is 0 Å². The van der Waals surface area contributed by atoms with Crippen LogP contribution in [0, 0.1) is 0 Å². The Kier molecular flexibility index (Phi) is 4.24. The molecule has 8 heteroatoms. The van der Waals surface area contributed by atoms with E-state index in [0.717, 1.165) is 6.26 Å². The molecule has 94 valence electrons. The van der Waals surface area contributed by atoms with Crippen molar-refractivity contribution in [1.82, 2.24) is 0 Å². The first-order chi connectivity index (χ1) is 7.69. The van der Waals surface area contributed by atoms with Gasteiger partial charge >= 0.3 is 0 Å². The van der Waals surface area contributed by atoms with Gasteiger partial charge in [0.25, 0.3) is 0 Å². The lowest BCUT2D eigenvalue weighted by Gasteiger charge is -2.07. The Hall–Kier alpha value is -0.980. The van der Waals surface area contributed by atoms with E-state index in [1.165, 1.54) is 12.1 Å². The van der Waals surface area contributed by atoms with E-state index in [2.05, 4.69) is 5.32 Å². The van der Waals surface area contributed by atoms with Crippen LogP contribution in [-0.2, 0) is 14.6 Å². The molecule has 1 aromatic carbocycles. The lowest BCUT2D eigenvalue weighted by atomic mass is 10.3. The fraction of sp³-hybridized carbons (Fsp3) is 0.222. The van der Waals surface area contributed by atoms with Crippen molar-refractivity contribution in [1.29, 1.82) is 0 Å². The molecule has 0 spiro atoms. The first kappa shape index (κ1) is 14.1. The van der Waals surface area contributed by atoms with E-state index in [1.54, 1.807) is 0 Å². The molecule has 0 aliphatic carbocycles. The van der Waals surface area contributed by atoms with E-state index in [1.807, 2.05) is 0 Å². The van der Waals surface area contributed by atoms with Crippen LogP contribution in [0.25, 0.3) is 0 Å². The van der Waals surface area contributed by atoms with Crippen LogP contribution in [0.15, 0.2) is 12.1 Å². The summed E-state index contributed by atoms with van der Waals surface area (Å²) in [5.74, 6) is -1.64. The van der Waals surface area contributed by atoms with Crippen molar-refractivity contribution in [2.45, 2.75) is 0 Å². The summed E-state index contributed by atoms with van der Waals surface area (Å²) >= 11 is 11.3. The largest absolute Gasteiger partial charge is 0.505 e. The van der Waals surface area contributed by atoms with Crippen molar-refractivity contribution in [2.75, 3.05) is 17.3 Å². The van der Waals surface area contributed by atoms with Gasteiger partial charge in [-0.15, -0.1) is 0 Å². The lowest BCUT2D eigenvalue weighted by molar-refractivity contribution is -0.113. The first-order valence-corrected chi connectivity index (χ1v) is 7.16. The fourth-order valence-electron chi connectivity index (χ4n) is 1.07. The number of aromatic hydroxyl groups is 1. The molecule has 0 atom stereocenters. The average Bonchev–Trinajstić information content (AvgIpc) is 2.10. The SMILES string of the molecule is CS(=O)(=O)CC(=O)Nc1cc(Cl)c(O)c(Cl)c1. The quantitative estimate of drug-likeness (QED) is 0.832. The standard InChI is InChI=1S/C9H9Cl2NO4S/c1-17(15,16)4-8(13)12-5-2-6(10)9(14)7(11)3-5/h2-3,14H,4H2,1H3,(H,12,13). The van der Waals surface area contributed by atoms with Gasteiger partial charge in [-0.2, -0.15) is 0 Å². The van der Waals surface area contributed by atoms with Gasteiger partial charge in [0, 0.05) is 11.9 Å². The number of carbonyl (C=O) groups is 1. The predicted octanol–water partition coefficient (Wildman–Crippen LogP) is 1.68. The van der Waals surface area contributed by atoms with Crippen LogP contribution in [0.5, 0.6) is 5.75 Å². The Bertz CT molecular complexity index is 533. The highest BCUT2D eigenvalue weighted by molar-refractivity contribution is 7.91. The molecular formula is C9H9Cl2NO4S. The number of hydrogen-bond acceptors (Lipinski definition) is 4.